The number of halogens is 2. The first-order chi connectivity index (χ1) is 23.3. The molecular formula is C46H44Cl2GeHf. The van der Waals surface area contributed by atoms with Crippen LogP contribution in [0, 0.1) is 11.8 Å². The zero-order valence-corrected chi connectivity index (χ0v) is 37.4. The first kappa shape index (κ1) is 36.6. The van der Waals surface area contributed by atoms with Gasteiger partial charge in [0.15, 0.2) is 0 Å². The third-order valence-corrected chi connectivity index (χ3v) is 64.7. The molecule has 2 unspecified atom stereocenters. The summed E-state index contributed by atoms with van der Waals surface area (Å²) in [5.41, 5.74) is 8.56. The van der Waals surface area contributed by atoms with Gasteiger partial charge in [-0.05, 0) is 0 Å². The quantitative estimate of drug-likeness (QED) is 0.146. The monoisotopic (exact) mass is 920 g/mol. The van der Waals surface area contributed by atoms with Crippen LogP contribution in [-0.2, 0) is 15.4 Å². The second-order valence-electron chi connectivity index (χ2n) is 14.1. The third kappa shape index (κ3) is 5.34. The molecule has 4 heteroatoms. The topological polar surface area (TPSA) is 0 Å². The molecular weight excluding hydrogens is 875 g/mol. The van der Waals surface area contributed by atoms with E-state index in [1.54, 1.807) is 13.3 Å². The molecule has 0 saturated heterocycles. The van der Waals surface area contributed by atoms with Crippen LogP contribution in [0.3, 0.4) is 0 Å². The first-order valence-electron chi connectivity index (χ1n) is 17.3. The molecule has 0 aliphatic heterocycles. The molecule has 0 amide bonds. The molecule has 2 aliphatic rings. The minimum absolute atomic E-state index is 0. The van der Waals surface area contributed by atoms with Crippen molar-refractivity contribution in [1.29, 1.82) is 0 Å². The standard InChI is InChI=1S/2C17H15.2C6H5.2ClH.GeH2.Hf/c2*1-12-10-13(2)17(11-12)16-9-5-7-14-6-3-4-8-15(14)16;2*1-2-4-6-5-3-1;;;;/h2*3-9,11-12H,1-2H3;2*1-5H;2*1H;1H2;. The van der Waals surface area contributed by atoms with E-state index in [1.807, 2.05) is 0 Å². The fourth-order valence-electron chi connectivity index (χ4n) is 9.77. The second-order valence-corrected chi connectivity index (χ2v) is 56.8. The van der Waals surface area contributed by atoms with Gasteiger partial charge in [-0.1, -0.05) is 0 Å². The average molecular weight is 919 g/mol. The summed E-state index contributed by atoms with van der Waals surface area (Å²) in [6.07, 6.45) is 5.22. The largest absolute Gasteiger partial charge is 0.147 e. The Hall–Kier alpha value is -3.21. The molecule has 8 rings (SSSR count). The zero-order valence-electron chi connectivity index (χ0n) is 29.2. The Morgan fingerprint density at radius 3 is 1.18 bits per heavy atom. The Morgan fingerprint density at radius 1 is 0.440 bits per heavy atom. The van der Waals surface area contributed by atoms with Crippen LogP contribution in [0.2, 0.25) is 0 Å². The van der Waals surface area contributed by atoms with Crippen molar-refractivity contribution in [2.24, 2.45) is 11.8 Å². The molecule has 2 atom stereocenters. The van der Waals surface area contributed by atoms with Gasteiger partial charge in [0.1, 0.15) is 0 Å². The van der Waals surface area contributed by atoms with Crippen LogP contribution in [0.25, 0.3) is 32.7 Å². The van der Waals surface area contributed by atoms with Gasteiger partial charge in [0, 0.05) is 0 Å². The Labute approximate surface area is 315 Å². The molecule has 0 nitrogen and oxygen atoms in total. The summed E-state index contributed by atoms with van der Waals surface area (Å²) in [6, 6.07) is 55.0. The summed E-state index contributed by atoms with van der Waals surface area (Å²) in [4.78, 5) is 0. The molecule has 0 saturated carbocycles. The van der Waals surface area contributed by atoms with Crippen LogP contribution >= 0.6 is 24.8 Å². The van der Waals surface area contributed by atoms with Gasteiger partial charge in [-0.15, -0.1) is 24.8 Å². The molecule has 50 heavy (non-hydrogen) atoms. The SMILES string of the molecule is CC1=[C]([Hf](=[GeH2])([C]2=C(C)C(c3cccc4ccccc34)=CC2C)([c]2ccccc2)[c]2ccccc2)C(C)C=C1c1cccc2ccccc12.Cl.Cl. The molecule has 0 fully saturated rings. The van der Waals surface area contributed by atoms with Gasteiger partial charge in [-0.2, -0.15) is 0 Å². The van der Waals surface area contributed by atoms with E-state index in [-0.39, 0.29) is 24.8 Å². The Balaban J connectivity index is 0.00000216. The molecule has 0 radical (unpaired) electrons. The fourth-order valence-corrected chi connectivity index (χ4v) is 66.1. The molecule has 0 bridgehead atoms. The minimum atomic E-state index is -4.75. The molecule has 0 N–H and O–H groups in total. The van der Waals surface area contributed by atoms with Crippen molar-refractivity contribution in [2.75, 3.05) is 0 Å². The fraction of sp³-hybridized carbons (Fsp3) is 0.130. The summed E-state index contributed by atoms with van der Waals surface area (Å²) >= 11 is -3.51. The van der Waals surface area contributed by atoms with Gasteiger partial charge in [0.2, 0.25) is 0 Å². The van der Waals surface area contributed by atoms with E-state index in [2.05, 4.69) is 185 Å². The predicted molar refractivity (Wildman–Crippen MR) is 223 cm³/mol. The maximum absolute atomic E-state index is 4.75. The van der Waals surface area contributed by atoms with Crippen molar-refractivity contribution in [3.8, 4) is 0 Å². The number of hydrogen-bond acceptors (Lipinski definition) is 0. The Bertz CT molecular complexity index is 2270. The predicted octanol–water partition coefficient (Wildman–Crippen LogP) is 11.0. The normalized spacial score (nSPS) is 17.8. The van der Waals surface area contributed by atoms with E-state index < -0.39 is 15.4 Å². The van der Waals surface area contributed by atoms with E-state index in [0.717, 1.165) is 0 Å². The molecule has 6 aromatic rings. The molecule has 6 aromatic carbocycles. The van der Waals surface area contributed by atoms with Crippen molar-refractivity contribution in [2.45, 2.75) is 27.7 Å². The maximum atomic E-state index is 2.61. The summed E-state index contributed by atoms with van der Waals surface area (Å²) in [7, 11) is 0. The molecule has 2 aliphatic carbocycles. The van der Waals surface area contributed by atoms with Gasteiger partial charge < -0.3 is 0 Å². The average Bonchev–Trinajstić information content (AvgIpc) is 3.61. The Kier molecular flexibility index (Phi) is 10.3. The van der Waals surface area contributed by atoms with Crippen LogP contribution in [0.1, 0.15) is 38.8 Å². The van der Waals surface area contributed by atoms with Crippen molar-refractivity contribution in [1.82, 2.24) is 0 Å². The Morgan fingerprint density at radius 2 is 0.780 bits per heavy atom. The second kappa shape index (κ2) is 14.1. The number of allylic oxidation sites excluding steroid dienone is 8. The van der Waals surface area contributed by atoms with E-state index >= 15 is 0 Å². The number of hydrogen-bond donors (Lipinski definition) is 0. The van der Waals surface area contributed by atoms with Crippen molar-refractivity contribution in [3.05, 3.63) is 187 Å². The van der Waals surface area contributed by atoms with Gasteiger partial charge in [0.25, 0.3) is 0 Å². The summed E-state index contributed by atoms with van der Waals surface area (Å²) in [5.74, 6) is 0.662. The van der Waals surface area contributed by atoms with Crippen LogP contribution in [-0.4, -0.2) is 12.2 Å². The molecule has 0 spiro atoms. The molecule has 250 valence electrons. The number of rotatable bonds is 6. The van der Waals surface area contributed by atoms with E-state index in [4.69, 9.17) is 0 Å². The maximum Gasteiger partial charge on any atom is -0.147 e. The minimum Gasteiger partial charge on any atom is -0.147 e. The van der Waals surface area contributed by atoms with Crippen LogP contribution in [0.5, 0.6) is 0 Å². The summed E-state index contributed by atoms with van der Waals surface area (Å²) in [5, 5.41) is 5.29. The van der Waals surface area contributed by atoms with Crippen LogP contribution < -0.4 is 6.64 Å². The van der Waals surface area contributed by atoms with Gasteiger partial charge in [0.05, 0.1) is 0 Å². The first-order valence-corrected chi connectivity index (χ1v) is 39.2. The smallest absolute Gasteiger partial charge is 0.147 e. The summed E-state index contributed by atoms with van der Waals surface area (Å²) < 4.78 is 6.65. The van der Waals surface area contributed by atoms with E-state index in [9.17, 15) is 0 Å². The third-order valence-electron chi connectivity index (χ3n) is 11.5. The van der Waals surface area contributed by atoms with Crippen molar-refractivity contribution < 1.29 is 15.4 Å². The van der Waals surface area contributed by atoms with Crippen molar-refractivity contribution in [3.63, 3.8) is 0 Å². The zero-order chi connectivity index (χ0) is 33.1. The van der Waals surface area contributed by atoms with E-state index in [0.29, 0.717) is 11.8 Å². The van der Waals surface area contributed by atoms with Crippen molar-refractivity contribution >= 4 is 76.4 Å². The van der Waals surface area contributed by atoms with E-state index in [1.165, 1.54) is 67.2 Å². The molecule has 0 heterocycles. The van der Waals surface area contributed by atoms with Gasteiger partial charge in [-0.3, -0.25) is 0 Å². The van der Waals surface area contributed by atoms with Crippen LogP contribution in [0.4, 0.5) is 0 Å². The number of benzene rings is 6. The summed E-state index contributed by atoms with van der Waals surface area (Å²) in [6.45, 7) is 9.89. The molecule has 0 aromatic heterocycles. The van der Waals surface area contributed by atoms with Gasteiger partial charge in [-0.25, -0.2) is 0 Å². The van der Waals surface area contributed by atoms with Crippen LogP contribution in [0.15, 0.2) is 176 Å². The van der Waals surface area contributed by atoms with Gasteiger partial charge >= 0.3 is 293 Å². The number of fused-ring (bicyclic) bond motifs is 2.